The molecule has 0 spiro atoms. The van der Waals surface area contributed by atoms with Crippen LogP contribution in [0.3, 0.4) is 0 Å². The van der Waals surface area contributed by atoms with Crippen LogP contribution in [-0.4, -0.2) is 42.6 Å². The standard InChI is InChI=1S/C18H24N2O5/c1-17(2,3)19-15(22)11-7-8-13-12(9-11)20(10-14(21)24-6)16(23)18(4,5)25-13/h7-9H,10H2,1-6H3,(H,19,22). The van der Waals surface area contributed by atoms with Crippen molar-refractivity contribution in [3.05, 3.63) is 23.8 Å². The number of anilines is 1. The van der Waals surface area contributed by atoms with Gasteiger partial charge < -0.3 is 14.8 Å². The number of methoxy groups -OCH3 is 1. The number of ether oxygens (including phenoxy) is 2. The van der Waals surface area contributed by atoms with Gasteiger partial charge in [-0.15, -0.1) is 0 Å². The van der Waals surface area contributed by atoms with Crippen LogP contribution in [0.5, 0.6) is 5.75 Å². The lowest BCUT2D eigenvalue weighted by Gasteiger charge is -2.38. The summed E-state index contributed by atoms with van der Waals surface area (Å²) in [6.45, 7) is 8.64. The Kier molecular flexibility index (Phi) is 4.79. The van der Waals surface area contributed by atoms with Crippen LogP contribution in [0.25, 0.3) is 0 Å². The zero-order chi connectivity index (χ0) is 19.0. The maximum absolute atomic E-state index is 12.7. The summed E-state index contributed by atoms with van der Waals surface area (Å²) < 4.78 is 10.4. The number of nitrogens with one attached hydrogen (secondary N) is 1. The van der Waals surface area contributed by atoms with Crippen LogP contribution >= 0.6 is 0 Å². The Morgan fingerprint density at radius 3 is 2.48 bits per heavy atom. The smallest absolute Gasteiger partial charge is 0.325 e. The average molecular weight is 348 g/mol. The highest BCUT2D eigenvalue weighted by Crippen LogP contribution is 2.38. The van der Waals surface area contributed by atoms with E-state index in [1.54, 1.807) is 32.0 Å². The van der Waals surface area contributed by atoms with Crippen LogP contribution in [-0.2, 0) is 14.3 Å². The second kappa shape index (κ2) is 6.38. The van der Waals surface area contributed by atoms with Crippen molar-refractivity contribution in [1.82, 2.24) is 5.32 Å². The minimum atomic E-state index is -1.11. The van der Waals surface area contributed by atoms with Crippen molar-refractivity contribution in [2.24, 2.45) is 0 Å². The molecule has 136 valence electrons. The number of nitrogens with zero attached hydrogens (tertiary/aromatic N) is 1. The van der Waals surface area contributed by atoms with Gasteiger partial charge in [0.25, 0.3) is 11.8 Å². The molecular formula is C18H24N2O5. The molecule has 0 aliphatic carbocycles. The van der Waals surface area contributed by atoms with Crippen molar-refractivity contribution >= 4 is 23.5 Å². The third-order valence-electron chi connectivity index (χ3n) is 3.64. The molecule has 0 saturated carbocycles. The number of esters is 1. The fourth-order valence-corrected chi connectivity index (χ4v) is 2.47. The number of amides is 2. The molecule has 2 rings (SSSR count). The minimum Gasteiger partial charge on any atom is -0.476 e. The van der Waals surface area contributed by atoms with Crippen LogP contribution in [0.15, 0.2) is 18.2 Å². The number of rotatable bonds is 3. The summed E-state index contributed by atoms with van der Waals surface area (Å²) >= 11 is 0. The lowest BCUT2D eigenvalue weighted by molar-refractivity contribution is -0.142. The number of carbonyl (C=O) groups is 3. The normalized spacial score (nSPS) is 15.9. The molecule has 0 saturated heterocycles. The van der Waals surface area contributed by atoms with Gasteiger partial charge in [-0.25, -0.2) is 0 Å². The van der Waals surface area contributed by atoms with Gasteiger partial charge in [-0.1, -0.05) is 0 Å². The Morgan fingerprint density at radius 2 is 1.92 bits per heavy atom. The average Bonchev–Trinajstić information content (AvgIpc) is 2.49. The Bertz CT molecular complexity index is 719. The van der Waals surface area contributed by atoms with Gasteiger partial charge in [-0.3, -0.25) is 19.3 Å². The van der Waals surface area contributed by atoms with Crippen LogP contribution < -0.4 is 15.0 Å². The summed E-state index contributed by atoms with van der Waals surface area (Å²) in [6, 6.07) is 4.81. The zero-order valence-electron chi connectivity index (χ0n) is 15.4. The highest BCUT2D eigenvalue weighted by molar-refractivity contribution is 6.06. The van der Waals surface area contributed by atoms with E-state index in [0.717, 1.165) is 0 Å². The molecule has 1 aromatic carbocycles. The SMILES string of the molecule is COC(=O)CN1C(=O)C(C)(C)Oc2ccc(C(=O)NC(C)(C)C)cc21. The monoisotopic (exact) mass is 348 g/mol. The van der Waals surface area contributed by atoms with Crippen LogP contribution in [0.4, 0.5) is 5.69 Å². The Balaban J connectivity index is 2.44. The van der Waals surface area contributed by atoms with E-state index < -0.39 is 17.1 Å². The fraction of sp³-hybridized carbons (Fsp3) is 0.500. The first-order chi connectivity index (χ1) is 11.4. The number of benzene rings is 1. The molecule has 7 nitrogen and oxygen atoms in total. The predicted octanol–water partition coefficient (Wildman–Crippen LogP) is 1.89. The van der Waals surface area contributed by atoms with E-state index >= 15 is 0 Å². The van der Waals surface area contributed by atoms with Gasteiger partial charge in [-0.2, -0.15) is 0 Å². The fourth-order valence-electron chi connectivity index (χ4n) is 2.47. The quantitative estimate of drug-likeness (QED) is 0.843. The molecule has 1 aliphatic heterocycles. The van der Waals surface area contributed by atoms with Crippen molar-refractivity contribution in [1.29, 1.82) is 0 Å². The molecule has 1 heterocycles. The number of hydrogen-bond donors (Lipinski definition) is 1. The van der Waals surface area contributed by atoms with Gasteiger partial charge >= 0.3 is 5.97 Å². The third kappa shape index (κ3) is 4.10. The van der Waals surface area contributed by atoms with Crippen LogP contribution in [0.2, 0.25) is 0 Å². The van der Waals surface area contributed by atoms with Gasteiger partial charge in [0.05, 0.1) is 12.8 Å². The van der Waals surface area contributed by atoms with E-state index in [-0.39, 0.29) is 18.4 Å². The first kappa shape index (κ1) is 18.8. The molecule has 2 amide bonds. The van der Waals surface area contributed by atoms with E-state index in [4.69, 9.17) is 4.74 Å². The summed E-state index contributed by atoms with van der Waals surface area (Å²) in [5, 5.41) is 2.86. The molecule has 0 aromatic heterocycles. The predicted molar refractivity (Wildman–Crippen MR) is 92.7 cm³/mol. The highest BCUT2D eigenvalue weighted by Gasteiger charge is 2.42. The second-order valence-electron chi connectivity index (χ2n) is 7.47. The van der Waals surface area contributed by atoms with Gasteiger partial charge in [0.1, 0.15) is 12.3 Å². The molecule has 0 atom stereocenters. The lowest BCUT2D eigenvalue weighted by atomic mass is 10.0. The van der Waals surface area contributed by atoms with E-state index in [9.17, 15) is 14.4 Å². The third-order valence-corrected chi connectivity index (χ3v) is 3.64. The molecular weight excluding hydrogens is 324 g/mol. The van der Waals surface area contributed by atoms with E-state index in [2.05, 4.69) is 10.1 Å². The molecule has 1 aliphatic rings. The molecule has 0 bridgehead atoms. The largest absolute Gasteiger partial charge is 0.476 e. The first-order valence-electron chi connectivity index (χ1n) is 7.99. The zero-order valence-corrected chi connectivity index (χ0v) is 15.4. The topological polar surface area (TPSA) is 84.9 Å². The van der Waals surface area contributed by atoms with Crippen molar-refractivity contribution in [2.45, 2.75) is 45.8 Å². The molecule has 0 unspecified atom stereocenters. The van der Waals surface area contributed by atoms with Crippen molar-refractivity contribution in [2.75, 3.05) is 18.6 Å². The molecule has 0 fully saturated rings. The Morgan fingerprint density at radius 1 is 1.28 bits per heavy atom. The van der Waals surface area contributed by atoms with Crippen LogP contribution in [0.1, 0.15) is 45.0 Å². The number of carbonyl (C=O) groups excluding carboxylic acids is 3. The Hall–Kier alpha value is -2.57. The number of fused-ring (bicyclic) bond motifs is 1. The minimum absolute atomic E-state index is 0.251. The summed E-state index contributed by atoms with van der Waals surface area (Å²) in [7, 11) is 1.26. The van der Waals surface area contributed by atoms with Crippen molar-refractivity contribution in [3.63, 3.8) is 0 Å². The summed E-state index contributed by atoms with van der Waals surface area (Å²) in [5.74, 6) is -0.772. The Labute approximate surface area is 147 Å². The van der Waals surface area contributed by atoms with E-state index in [1.807, 2.05) is 20.8 Å². The molecule has 1 N–H and O–H groups in total. The highest BCUT2D eigenvalue weighted by atomic mass is 16.5. The van der Waals surface area contributed by atoms with Gasteiger partial charge in [0.15, 0.2) is 5.60 Å². The van der Waals surface area contributed by atoms with Gasteiger partial charge in [-0.05, 0) is 52.8 Å². The molecule has 7 heteroatoms. The van der Waals surface area contributed by atoms with E-state index in [1.165, 1.54) is 12.0 Å². The van der Waals surface area contributed by atoms with Gasteiger partial charge in [0, 0.05) is 11.1 Å². The lowest BCUT2D eigenvalue weighted by Crippen LogP contribution is -2.54. The van der Waals surface area contributed by atoms with E-state index in [0.29, 0.717) is 17.0 Å². The van der Waals surface area contributed by atoms with Gasteiger partial charge in [0.2, 0.25) is 0 Å². The summed E-state index contributed by atoms with van der Waals surface area (Å²) in [6.07, 6.45) is 0. The molecule has 0 radical (unpaired) electrons. The maximum atomic E-state index is 12.7. The number of hydrogen-bond acceptors (Lipinski definition) is 5. The summed E-state index contributed by atoms with van der Waals surface area (Å²) in [4.78, 5) is 38.1. The van der Waals surface area contributed by atoms with Crippen LogP contribution in [0, 0.1) is 0 Å². The molecule has 1 aromatic rings. The van der Waals surface area contributed by atoms with Crippen molar-refractivity contribution < 1.29 is 23.9 Å². The summed E-state index contributed by atoms with van der Waals surface area (Å²) in [5.41, 5.74) is -0.764. The van der Waals surface area contributed by atoms with Crippen molar-refractivity contribution in [3.8, 4) is 5.75 Å². The second-order valence-corrected chi connectivity index (χ2v) is 7.47. The first-order valence-corrected chi connectivity index (χ1v) is 7.99. The maximum Gasteiger partial charge on any atom is 0.325 e. The molecule has 25 heavy (non-hydrogen) atoms.